The molecule has 4 aromatic rings. The lowest BCUT2D eigenvalue weighted by Crippen LogP contribution is -2.37. The van der Waals surface area contributed by atoms with E-state index in [-0.39, 0.29) is 5.91 Å². The van der Waals surface area contributed by atoms with Crippen LogP contribution in [-0.4, -0.2) is 39.2 Å². The lowest BCUT2D eigenvalue weighted by atomic mass is 9.89. The van der Waals surface area contributed by atoms with Gasteiger partial charge >= 0.3 is 0 Å². The maximum Gasteiger partial charge on any atom is 0.266 e. The number of para-hydroxylation sites is 1. The molecule has 0 radical (unpaired) electrons. The highest BCUT2D eigenvalue weighted by Crippen LogP contribution is 2.51. The van der Waals surface area contributed by atoms with Gasteiger partial charge in [0.25, 0.3) is 5.91 Å². The second kappa shape index (κ2) is 9.39. The average molecular weight is 511 g/mol. The number of carbonyl (C=O) groups is 2. The SMILES string of the molecule is COc1cc(OC)c([C@@H]2[C@@H]3C(=O)N(c4cccc5ccccc45)C(=O)[C@H]3ON2c2ccccc2)cc1OC. The van der Waals surface area contributed by atoms with Crippen molar-refractivity contribution >= 4 is 34.0 Å². The maximum absolute atomic E-state index is 14.2. The van der Waals surface area contributed by atoms with Gasteiger partial charge in [-0.15, -0.1) is 0 Å². The molecule has 4 aromatic carbocycles. The van der Waals surface area contributed by atoms with Gasteiger partial charge in [-0.1, -0.05) is 54.6 Å². The third kappa shape index (κ3) is 3.56. The molecule has 8 nitrogen and oxygen atoms in total. The van der Waals surface area contributed by atoms with Crippen LogP contribution in [0, 0.1) is 5.92 Å². The molecule has 192 valence electrons. The molecule has 38 heavy (non-hydrogen) atoms. The average Bonchev–Trinajstić information content (AvgIpc) is 3.47. The molecule has 0 aliphatic carbocycles. The minimum Gasteiger partial charge on any atom is -0.496 e. The molecule has 0 saturated carbocycles. The van der Waals surface area contributed by atoms with Gasteiger partial charge in [-0.3, -0.25) is 14.4 Å². The monoisotopic (exact) mass is 510 g/mol. The number of nitrogens with zero attached hydrogens (tertiary/aromatic N) is 2. The van der Waals surface area contributed by atoms with Crippen LogP contribution in [0.5, 0.6) is 17.2 Å². The van der Waals surface area contributed by atoms with Crippen molar-refractivity contribution in [2.24, 2.45) is 5.92 Å². The molecule has 0 aromatic heterocycles. The first-order valence-electron chi connectivity index (χ1n) is 12.2. The van der Waals surface area contributed by atoms with Gasteiger partial charge in [-0.2, -0.15) is 0 Å². The highest BCUT2D eigenvalue weighted by Gasteiger charge is 2.61. The fraction of sp³-hybridized carbons (Fsp3) is 0.200. The molecule has 8 heteroatoms. The number of methoxy groups -OCH3 is 3. The Labute approximate surface area is 219 Å². The second-order valence-corrected chi connectivity index (χ2v) is 9.12. The maximum atomic E-state index is 14.2. The van der Waals surface area contributed by atoms with E-state index in [9.17, 15) is 9.59 Å². The lowest BCUT2D eigenvalue weighted by Gasteiger charge is -2.30. The molecule has 3 atom stereocenters. The van der Waals surface area contributed by atoms with E-state index in [4.69, 9.17) is 19.0 Å². The van der Waals surface area contributed by atoms with E-state index >= 15 is 0 Å². The summed E-state index contributed by atoms with van der Waals surface area (Å²) in [5.41, 5.74) is 1.89. The first kappa shape index (κ1) is 23.8. The summed E-state index contributed by atoms with van der Waals surface area (Å²) in [4.78, 5) is 35.6. The van der Waals surface area contributed by atoms with Crippen molar-refractivity contribution < 1.29 is 28.6 Å². The summed E-state index contributed by atoms with van der Waals surface area (Å²) in [6, 6.07) is 25.5. The standard InChI is InChI=1S/C30H26N2O6/c1-35-23-17-25(37-3)24(36-2)16-21(23)27-26-28(38-32(27)19-12-5-4-6-13-19)30(34)31(29(26)33)22-15-9-11-18-10-7-8-14-20(18)22/h4-17,26-28H,1-3H3/t26-,27+,28-/m0/s1. The summed E-state index contributed by atoms with van der Waals surface area (Å²) in [6.07, 6.45) is -1.01. The van der Waals surface area contributed by atoms with Gasteiger partial charge in [0.2, 0.25) is 5.91 Å². The van der Waals surface area contributed by atoms with E-state index in [0.29, 0.717) is 34.2 Å². The first-order valence-corrected chi connectivity index (χ1v) is 12.2. The number of hydrogen-bond acceptors (Lipinski definition) is 7. The highest BCUT2D eigenvalue weighted by atomic mass is 16.7. The molecule has 2 aliphatic heterocycles. The van der Waals surface area contributed by atoms with Crippen molar-refractivity contribution in [1.29, 1.82) is 0 Å². The van der Waals surface area contributed by atoms with Crippen LogP contribution in [0.2, 0.25) is 0 Å². The second-order valence-electron chi connectivity index (χ2n) is 9.12. The van der Waals surface area contributed by atoms with Crippen molar-refractivity contribution in [2.75, 3.05) is 31.3 Å². The van der Waals surface area contributed by atoms with Gasteiger partial charge in [-0.05, 0) is 29.7 Å². The molecule has 2 saturated heterocycles. The fourth-order valence-electron chi connectivity index (χ4n) is 5.45. The Bertz CT molecular complexity index is 1530. The summed E-state index contributed by atoms with van der Waals surface area (Å²) in [5.74, 6) is -0.116. The number of hydroxylamine groups is 1. The van der Waals surface area contributed by atoms with E-state index in [2.05, 4.69) is 0 Å². The first-order chi connectivity index (χ1) is 18.6. The summed E-state index contributed by atoms with van der Waals surface area (Å²) in [5, 5.41) is 3.39. The van der Waals surface area contributed by atoms with Gasteiger partial charge in [0.05, 0.1) is 32.7 Å². The van der Waals surface area contributed by atoms with Crippen molar-refractivity contribution in [3.63, 3.8) is 0 Å². The summed E-state index contributed by atoms with van der Waals surface area (Å²) in [7, 11) is 4.64. The molecule has 0 unspecified atom stereocenters. The number of carbonyl (C=O) groups excluding carboxylic acids is 2. The molecular weight excluding hydrogens is 484 g/mol. The van der Waals surface area contributed by atoms with Crippen LogP contribution < -0.4 is 24.2 Å². The third-order valence-electron chi connectivity index (χ3n) is 7.19. The van der Waals surface area contributed by atoms with E-state index in [1.807, 2.05) is 66.7 Å². The van der Waals surface area contributed by atoms with E-state index < -0.39 is 24.0 Å². The Kier molecular flexibility index (Phi) is 5.88. The van der Waals surface area contributed by atoms with Gasteiger partial charge in [0, 0.05) is 17.0 Å². The molecule has 0 N–H and O–H groups in total. The largest absolute Gasteiger partial charge is 0.496 e. The minimum absolute atomic E-state index is 0.336. The molecule has 0 bridgehead atoms. The molecule has 6 rings (SSSR count). The van der Waals surface area contributed by atoms with Crippen LogP contribution >= 0.6 is 0 Å². The summed E-state index contributed by atoms with van der Waals surface area (Å²) in [6.45, 7) is 0. The Balaban J connectivity index is 1.51. The van der Waals surface area contributed by atoms with Gasteiger partial charge in [0.1, 0.15) is 17.7 Å². The van der Waals surface area contributed by atoms with Crippen LogP contribution in [0.25, 0.3) is 10.8 Å². The summed E-state index contributed by atoms with van der Waals surface area (Å²) < 4.78 is 16.8. The zero-order valence-electron chi connectivity index (χ0n) is 21.2. The van der Waals surface area contributed by atoms with Crippen LogP contribution in [0.4, 0.5) is 11.4 Å². The zero-order chi connectivity index (χ0) is 26.4. The Morgan fingerprint density at radius 2 is 1.37 bits per heavy atom. The molecular formula is C30H26N2O6. The molecule has 2 aliphatic rings. The topological polar surface area (TPSA) is 77.5 Å². The van der Waals surface area contributed by atoms with Crippen molar-refractivity contribution in [3.05, 3.63) is 90.5 Å². The van der Waals surface area contributed by atoms with E-state index in [1.54, 1.807) is 44.6 Å². The molecule has 2 fully saturated rings. The number of hydrogen-bond donors (Lipinski definition) is 0. The smallest absolute Gasteiger partial charge is 0.266 e. The van der Waals surface area contributed by atoms with Crippen LogP contribution in [0.3, 0.4) is 0 Å². The van der Waals surface area contributed by atoms with Gasteiger partial charge in [-0.25, -0.2) is 9.96 Å². The van der Waals surface area contributed by atoms with Crippen molar-refractivity contribution in [1.82, 2.24) is 0 Å². The quantitative estimate of drug-likeness (QED) is 0.341. The number of fused-ring (bicyclic) bond motifs is 2. The molecule has 2 amide bonds. The number of anilines is 2. The van der Waals surface area contributed by atoms with Crippen molar-refractivity contribution in [3.8, 4) is 17.2 Å². The third-order valence-corrected chi connectivity index (χ3v) is 7.19. The molecule has 0 spiro atoms. The van der Waals surface area contributed by atoms with E-state index in [0.717, 1.165) is 10.8 Å². The van der Waals surface area contributed by atoms with Gasteiger partial charge < -0.3 is 14.2 Å². The van der Waals surface area contributed by atoms with Gasteiger partial charge in [0.15, 0.2) is 17.6 Å². The Morgan fingerprint density at radius 1 is 0.711 bits per heavy atom. The fourth-order valence-corrected chi connectivity index (χ4v) is 5.45. The zero-order valence-corrected chi connectivity index (χ0v) is 21.2. The highest BCUT2D eigenvalue weighted by molar-refractivity contribution is 6.26. The number of amides is 2. The predicted octanol–water partition coefficient (Wildman–Crippen LogP) is 4.92. The number of imide groups is 1. The van der Waals surface area contributed by atoms with E-state index in [1.165, 1.54) is 4.90 Å². The predicted molar refractivity (Wildman–Crippen MR) is 143 cm³/mol. The number of rotatable bonds is 6. The normalized spacial score (nSPS) is 20.7. The molecule has 2 heterocycles. The number of ether oxygens (including phenoxy) is 3. The van der Waals surface area contributed by atoms with Crippen LogP contribution in [-0.2, 0) is 14.4 Å². The summed E-state index contributed by atoms with van der Waals surface area (Å²) >= 11 is 0. The number of benzene rings is 4. The van der Waals surface area contributed by atoms with Crippen molar-refractivity contribution in [2.45, 2.75) is 12.1 Å². The Hall–Kier alpha value is -4.56. The minimum atomic E-state index is -1.01. The van der Waals surface area contributed by atoms with Crippen LogP contribution in [0.1, 0.15) is 11.6 Å². The lowest BCUT2D eigenvalue weighted by molar-refractivity contribution is -0.126. The Morgan fingerprint density at radius 3 is 2.11 bits per heavy atom. The van der Waals surface area contributed by atoms with Crippen LogP contribution in [0.15, 0.2) is 84.9 Å².